The molecule has 1 aliphatic carbocycles. The molecule has 96 valence electrons. The van der Waals surface area contributed by atoms with Crippen molar-refractivity contribution in [2.24, 2.45) is 5.92 Å². The summed E-state index contributed by atoms with van der Waals surface area (Å²) in [6.45, 7) is 0.655. The normalized spacial score (nSPS) is 14.9. The first-order chi connectivity index (χ1) is 8.58. The van der Waals surface area contributed by atoms with Gasteiger partial charge in [-0.3, -0.25) is 14.9 Å². The van der Waals surface area contributed by atoms with Crippen molar-refractivity contribution in [3.63, 3.8) is 0 Å². The summed E-state index contributed by atoms with van der Waals surface area (Å²) in [5.41, 5.74) is 0.232. The molecule has 18 heavy (non-hydrogen) atoms. The largest absolute Gasteiger partial charge is 0.352 e. The third-order valence-corrected chi connectivity index (χ3v) is 3.85. The molecule has 0 heterocycles. The smallest absolute Gasteiger partial charge is 0.284 e. The molecule has 1 aromatic rings. The Hall–Kier alpha value is -1.43. The summed E-state index contributed by atoms with van der Waals surface area (Å²) in [5.74, 6) is 0.317. The Bertz CT molecular complexity index is 486. The fraction of sp³-hybridized carbons (Fsp3) is 0.417. The van der Waals surface area contributed by atoms with Gasteiger partial charge in [0, 0.05) is 18.2 Å². The first-order valence-electron chi connectivity index (χ1n) is 5.80. The number of halogens is 1. The van der Waals surface area contributed by atoms with E-state index in [1.54, 1.807) is 6.07 Å². The maximum Gasteiger partial charge on any atom is 0.284 e. The van der Waals surface area contributed by atoms with Gasteiger partial charge in [0.05, 0.1) is 9.40 Å². The van der Waals surface area contributed by atoms with Crippen LogP contribution in [0.1, 0.15) is 29.6 Å². The average Bonchev–Trinajstić information content (AvgIpc) is 2.26. The fourth-order valence-corrected chi connectivity index (χ4v) is 2.22. The molecule has 0 radical (unpaired) electrons. The summed E-state index contributed by atoms with van der Waals surface area (Å²) < 4.78 is 0.378. The van der Waals surface area contributed by atoms with Crippen molar-refractivity contribution in [1.82, 2.24) is 5.32 Å². The minimum atomic E-state index is -0.507. The van der Waals surface area contributed by atoms with Gasteiger partial charge in [0.15, 0.2) is 0 Å². The Labute approximate surface area is 113 Å². The number of nitrogens with one attached hydrogen (secondary N) is 1. The highest BCUT2D eigenvalue weighted by molar-refractivity contribution is 9.10. The summed E-state index contributed by atoms with van der Waals surface area (Å²) in [6, 6.07) is 4.39. The Kier molecular flexibility index (Phi) is 3.96. The van der Waals surface area contributed by atoms with Gasteiger partial charge in [-0.05, 0) is 46.8 Å². The van der Waals surface area contributed by atoms with E-state index in [0.717, 1.165) is 12.8 Å². The molecular formula is C12H13BrN2O3. The van der Waals surface area contributed by atoms with Crippen molar-refractivity contribution >= 4 is 27.5 Å². The van der Waals surface area contributed by atoms with Gasteiger partial charge >= 0.3 is 0 Å². The minimum absolute atomic E-state index is 0.0914. The standard InChI is InChI=1S/C12H13BrN2O3/c13-10-5-4-9(6-11(10)15(17)18)12(16)14-7-8-2-1-3-8/h4-6,8H,1-3,7H2,(H,14,16). The van der Waals surface area contributed by atoms with Crippen LogP contribution in [0.3, 0.4) is 0 Å². The van der Waals surface area contributed by atoms with Crippen molar-refractivity contribution in [3.8, 4) is 0 Å². The Morgan fingerprint density at radius 3 is 2.78 bits per heavy atom. The number of rotatable bonds is 4. The van der Waals surface area contributed by atoms with E-state index >= 15 is 0 Å². The zero-order chi connectivity index (χ0) is 13.1. The lowest BCUT2D eigenvalue weighted by atomic mass is 9.85. The van der Waals surface area contributed by atoms with Crippen LogP contribution in [0, 0.1) is 16.0 Å². The van der Waals surface area contributed by atoms with Gasteiger partial charge < -0.3 is 5.32 Å². The van der Waals surface area contributed by atoms with Gasteiger partial charge in [-0.15, -0.1) is 0 Å². The van der Waals surface area contributed by atoms with Crippen LogP contribution in [-0.4, -0.2) is 17.4 Å². The average molecular weight is 313 g/mol. The third kappa shape index (κ3) is 2.87. The fourth-order valence-electron chi connectivity index (χ4n) is 1.83. The van der Waals surface area contributed by atoms with E-state index in [9.17, 15) is 14.9 Å². The number of benzene rings is 1. The predicted molar refractivity (Wildman–Crippen MR) is 70.5 cm³/mol. The topological polar surface area (TPSA) is 72.2 Å². The van der Waals surface area contributed by atoms with Crippen LogP contribution in [-0.2, 0) is 0 Å². The third-order valence-electron chi connectivity index (χ3n) is 3.18. The highest BCUT2D eigenvalue weighted by Crippen LogP contribution is 2.27. The molecule has 0 unspecified atom stereocenters. The molecule has 0 spiro atoms. The predicted octanol–water partition coefficient (Wildman–Crippen LogP) is 2.89. The highest BCUT2D eigenvalue weighted by atomic mass is 79.9. The molecule has 1 aliphatic rings. The second-order valence-electron chi connectivity index (χ2n) is 4.43. The van der Waals surface area contributed by atoms with Crippen LogP contribution >= 0.6 is 15.9 Å². The van der Waals surface area contributed by atoms with Crippen molar-refractivity contribution < 1.29 is 9.72 Å². The van der Waals surface area contributed by atoms with E-state index in [0.29, 0.717) is 22.5 Å². The molecule has 0 aromatic heterocycles. The van der Waals surface area contributed by atoms with E-state index in [4.69, 9.17) is 0 Å². The van der Waals surface area contributed by atoms with E-state index in [1.165, 1.54) is 18.6 Å². The number of carbonyl (C=O) groups is 1. The highest BCUT2D eigenvalue weighted by Gasteiger charge is 2.19. The number of nitro groups is 1. The number of amides is 1. The maximum atomic E-state index is 11.8. The van der Waals surface area contributed by atoms with Gasteiger partial charge in [0.2, 0.25) is 0 Å². The molecule has 1 fully saturated rings. The molecule has 0 bridgehead atoms. The van der Waals surface area contributed by atoms with Crippen molar-refractivity contribution in [2.45, 2.75) is 19.3 Å². The van der Waals surface area contributed by atoms with Crippen LogP contribution < -0.4 is 5.32 Å². The number of nitro benzene ring substituents is 1. The van der Waals surface area contributed by atoms with E-state index in [2.05, 4.69) is 21.2 Å². The summed E-state index contributed by atoms with van der Waals surface area (Å²) >= 11 is 3.09. The Morgan fingerprint density at radius 2 is 2.22 bits per heavy atom. The molecule has 1 aromatic carbocycles. The van der Waals surface area contributed by atoms with Gasteiger partial charge in [0.25, 0.3) is 11.6 Å². The second kappa shape index (κ2) is 5.48. The zero-order valence-corrected chi connectivity index (χ0v) is 11.3. The van der Waals surface area contributed by atoms with Crippen molar-refractivity contribution in [3.05, 3.63) is 38.3 Å². The van der Waals surface area contributed by atoms with Crippen molar-refractivity contribution in [1.29, 1.82) is 0 Å². The van der Waals surface area contributed by atoms with E-state index in [1.807, 2.05) is 0 Å². The molecule has 0 atom stereocenters. The number of hydrogen-bond acceptors (Lipinski definition) is 3. The van der Waals surface area contributed by atoms with Crippen LogP contribution in [0.2, 0.25) is 0 Å². The van der Waals surface area contributed by atoms with Crippen LogP contribution in [0.25, 0.3) is 0 Å². The molecule has 0 saturated heterocycles. The lowest BCUT2D eigenvalue weighted by Crippen LogP contribution is -2.32. The summed E-state index contributed by atoms with van der Waals surface area (Å²) in [4.78, 5) is 22.1. The quantitative estimate of drug-likeness (QED) is 0.686. The molecule has 6 heteroatoms. The number of carbonyl (C=O) groups excluding carboxylic acids is 1. The minimum Gasteiger partial charge on any atom is -0.352 e. The molecule has 0 aliphatic heterocycles. The van der Waals surface area contributed by atoms with Gasteiger partial charge in [0.1, 0.15) is 0 Å². The molecule has 1 N–H and O–H groups in total. The molecule has 2 rings (SSSR count). The lowest BCUT2D eigenvalue weighted by Gasteiger charge is -2.25. The van der Waals surface area contributed by atoms with Gasteiger partial charge in [-0.25, -0.2) is 0 Å². The number of nitrogens with zero attached hydrogens (tertiary/aromatic N) is 1. The van der Waals surface area contributed by atoms with Crippen LogP contribution in [0.5, 0.6) is 0 Å². The van der Waals surface area contributed by atoms with Gasteiger partial charge in [-0.2, -0.15) is 0 Å². The lowest BCUT2D eigenvalue weighted by molar-refractivity contribution is -0.385. The Balaban J connectivity index is 2.04. The molecule has 1 saturated carbocycles. The first kappa shape index (κ1) is 13.0. The first-order valence-corrected chi connectivity index (χ1v) is 6.59. The molecule has 1 amide bonds. The zero-order valence-electron chi connectivity index (χ0n) is 9.69. The van der Waals surface area contributed by atoms with Crippen molar-refractivity contribution in [2.75, 3.05) is 6.54 Å². The van der Waals surface area contributed by atoms with Crippen LogP contribution in [0.15, 0.2) is 22.7 Å². The SMILES string of the molecule is O=C(NCC1CCC1)c1ccc(Br)c([N+](=O)[O-])c1. The van der Waals surface area contributed by atoms with Gasteiger partial charge in [-0.1, -0.05) is 6.42 Å². The molecule has 5 nitrogen and oxygen atoms in total. The summed E-state index contributed by atoms with van der Waals surface area (Å²) in [7, 11) is 0. The Morgan fingerprint density at radius 1 is 1.50 bits per heavy atom. The van der Waals surface area contributed by atoms with Crippen LogP contribution in [0.4, 0.5) is 5.69 Å². The summed E-state index contributed by atoms with van der Waals surface area (Å²) in [5, 5.41) is 13.6. The van der Waals surface area contributed by atoms with E-state index in [-0.39, 0.29) is 11.6 Å². The summed E-state index contributed by atoms with van der Waals surface area (Å²) in [6.07, 6.45) is 3.53. The number of hydrogen-bond donors (Lipinski definition) is 1. The monoisotopic (exact) mass is 312 g/mol. The second-order valence-corrected chi connectivity index (χ2v) is 5.28. The maximum absolute atomic E-state index is 11.8. The molecular weight excluding hydrogens is 300 g/mol. The van der Waals surface area contributed by atoms with E-state index < -0.39 is 4.92 Å².